The molecule has 0 fully saturated rings. The van der Waals surface area contributed by atoms with Gasteiger partial charge in [0.25, 0.3) is 5.69 Å². The Kier molecular flexibility index (Phi) is 4.27. The maximum atomic E-state index is 11.0. The van der Waals surface area contributed by atoms with Gasteiger partial charge in [0.05, 0.1) is 4.92 Å². The predicted molar refractivity (Wildman–Crippen MR) is 76.4 cm³/mol. The number of hydrogen-bond donors (Lipinski definition) is 0. The van der Waals surface area contributed by atoms with Crippen molar-refractivity contribution in [3.05, 3.63) is 62.1 Å². The third kappa shape index (κ3) is 3.04. The molecule has 0 atom stereocenters. The lowest BCUT2D eigenvalue weighted by atomic mass is 10.3. The minimum atomic E-state index is -0.386. The van der Waals surface area contributed by atoms with Crippen molar-refractivity contribution in [1.29, 1.82) is 0 Å². The molecule has 0 N–H and O–H groups in total. The Hall–Kier alpha value is -1.04. The summed E-state index contributed by atoms with van der Waals surface area (Å²) in [5, 5.41) is 11.6. The van der Waals surface area contributed by atoms with Gasteiger partial charge in [-0.25, -0.2) is 0 Å². The topological polar surface area (TPSA) is 43.1 Å². The first-order valence-electron chi connectivity index (χ1n) is 4.94. The van der Waals surface area contributed by atoms with Crippen LogP contribution in [0.4, 0.5) is 5.69 Å². The van der Waals surface area contributed by atoms with E-state index in [-0.39, 0.29) is 10.6 Å². The highest BCUT2D eigenvalue weighted by Gasteiger charge is 2.17. The Bertz CT molecular complexity index is 589. The van der Waals surface area contributed by atoms with Gasteiger partial charge in [-0.05, 0) is 46.3 Å². The fourth-order valence-corrected chi connectivity index (χ4v) is 3.01. The van der Waals surface area contributed by atoms with Crippen LogP contribution in [0.15, 0.2) is 56.7 Å². The molecule has 0 amide bonds. The van der Waals surface area contributed by atoms with E-state index >= 15 is 0 Å². The maximum absolute atomic E-state index is 11.0. The van der Waals surface area contributed by atoms with Gasteiger partial charge in [-0.2, -0.15) is 0 Å². The Balaban J connectivity index is 2.39. The van der Waals surface area contributed by atoms with Crippen LogP contribution >= 0.6 is 39.3 Å². The van der Waals surface area contributed by atoms with Crippen LogP contribution in [0.5, 0.6) is 0 Å². The van der Waals surface area contributed by atoms with Crippen molar-refractivity contribution >= 4 is 45.0 Å². The van der Waals surface area contributed by atoms with Gasteiger partial charge in [0.2, 0.25) is 0 Å². The second kappa shape index (κ2) is 5.73. The molecule has 0 radical (unpaired) electrons. The van der Waals surface area contributed by atoms with Crippen LogP contribution in [0.25, 0.3) is 0 Å². The highest BCUT2D eigenvalue weighted by atomic mass is 79.9. The van der Waals surface area contributed by atoms with E-state index in [0.29, 0.717) is 14.4 Å². The molecule has 18 heavy (non-hydrogen) atoms. The molecule has 0 unspecified atom stereocenters. The lowest BCUT2D eigenvalue weighted by Crippen LogP contribution is -1.91. The largest absolute Gasteiger partial charge is 0.284 e. The van der Waals surface area contributed by atoms with Gasteiger partial charge in [0, 0.05) is 20.5 Å². The fraction of sp³-hybridized carbons (Fsp3) is 0. The molecule has 0 aliphatic rings. The fourth-order valence-electron chi connectivity index (χ4n) is 1.36. The Morgan fingerprint density at radius 2 is 1.83 bits per heavy atom. The summed E-state index contributed by atoms with van der Waals surface area (Å²) in [5.74, 6) is 0. The van der Waals surface area contributed by atoms with Crippen molar-refractivity contribution in [2.24, 2.45) is 0 Å². The molecule has 0 aliphatic carbocycles. The molecular weight excluding hydrogens is 338 g/mol. The summed E-state index contributed by atoms with van der Waals surface area (Å²) in [4.78, 5) is 12.1. The van der Waals surface area contributed by atoms with Crippen molar-refractivity contribution in [2.45, 2.75) is 9.79 Å². The highest BCUT2D eigenvalue weighted by Crippen LogP contribution is 2.40. The molecule has 0 heterocycles. The molecule has 2 aromatic rings. The molecule has 2 aromatic carbocycles. The number of halogens is 2. The zero-order valence-corrected chi connectivity index (χ0v) is 12.1. The first kappa shape index (κ1) is 13.4. The van der Waals surface area contributed by atoms with Crippen LogP contribution in [-0.4, -0.2) is 4.92 Å². The molecule has 6 heteroatoms. The molecule has 2 rings (SSSR count). The summed E-state index contributed by atoms with van der Waals surface area (Å²) in [6, 6.07) is 12.1. The third-order valence-corrected chi connectivity index (χ3v) is 4.49. The van der Waals surface area contributed by atoms with Crippen LogP contribution in [-0.2, 0) is 0 Å². The van der Waals surface area contributed by atoms with E-state index < -0.39 is 0 Å². The summed E-state index contributed by atoms with van der Waals surface area (Å²) in [6.07, 6.45) is 0. The SMILES string of the molecule is O=[N+]([O-])c1cccc(Br)c1Sc1ccc(Cl)cc1. The maximum Gasteiger partial charge on any atom is 0.284 e. The van der Waals surface area contributed by atoms with E-state index in [1.54, 1.807) is 24.3 Å². The van der Waals surface area contributed by atoms with Crippen LogP contribution in [0.3, 0.4) is 0 Å². The van der Waals surface area contributed by atoms with Crippen LogP contribution in [0.1, 0.15) is 0 Å². The van der Waals surface area contributed by atoms with E-state index in [9.17, 15) is 10.1 Å². The minimum absolute atomic E-state index is 0.0873. The highest BCUT2D eigenvalue weighted by molar-refractivity contribution is 9.10. The van der Waals surface area contributed by atoms with Crippen molar-refractivity contribution in [3.63, 3.8) is 0 Å². The van der Waals surface area contributed by atoms with Gasteiger partial charge in [-0.3, -0.25) is 10.1 Å². The number of nitro benzene ring substituents is 1. The van der Waals surface area contributed by atoms with Crippen molar-refractivity contribution in [1.82, 2.24) is 0 Å². The first-order chi connectivity index (χ1) is 8.58. The molecule has 0 spiro atoms. The Labute approximate surface area is 121 Å². The van der Waals surface area contributed by atoms with Gasteiger partial charge in [0.15, 0.2) is 0 Å². The summed E-state index contributed by atoms with van der Waals surface area (Å²) in [7, 11) is 0. The zero-order chi connectivity index (χ0) is 13.1. The monoisotopic (exact) mass is 343 g/mol. The summed E-state index contributed by atoms with van der Waals surface area (Å²) in [6.45, 7) is 0. The lowest BCUT2D eigenvalue weighted by Gasteiger charge is -2.05. The second-order valence-corrected chi connectivity index (χ2v) is 5.78. The standard InChI is InChI=1S/C12H7BrClNO2S/c13-10-2-1-3-11(15(16)17)12(10)18-9-6-4-8(14)5-7-9/h1-7H. The number of benzene rings is 2. The van der Waals surface area contributed by atoms with Gasteiger partial charge >= 0.3 is 0 Å². The van der Waals surface area contributed by atoms with Crippen molar-refractivity contribution < 1.29 is 4.92 Å². The molecule has 0 aromatic heterocycles. The zero-order valence-electron chi connectivity index (χ0n) is 8.97. The van der Waals surface area contributed by atoms with Gasteiger partial charge in [-0.15, -0.1) is 0 Å². The lowest BCUT2D eigenvalue weighted by molar-refractivity contribution is -0.387. The normalized spacial score (nSPS) is 10.3. The van der Waals surface area contributed by atoms with Crippen LogP contribution < -0.4 is 0 Å². The molecule has 0 bridgehead atoms. The molecule has 0 aliphatic heterocycles. The number of rotatable bonds is 3. The smallest absolute Gasteiger partial charge is 0.258 e. The van der Waals surface area contributed by atoms with Crippen LogP contribution in [0, 0.1) is 10.1 Å². The van der Waals surface area contributed by atoms with Crippen molar-refractivity contribution in [2.75, 3.05) is 0 Å². The molecule has 92 valence electrons. The van der Waals surface area contributed by atoms with Crippen LogP contribution in [0.2, 0.25) is 5.02 Å². The molecule has 0 saturated carbocycles. The van der Waals surface area contributed by atoms with Gasteiger partial charge in [0.1, 0.15) is 4.90 Å². The van der Waals surface area contributed by atoms with Gasteiger partial charge < -0.3 is 0 Å². The van der Waals surface area contributed by atoms with Crippen molar-refractivity contribution in [3.8, 4) is 0 Å². The summed E-state index contributed by atoms with van der Waals surface area (Å²) >= 11 is 10.5. The van der Waals surface area contributed by atoms with Gasteiger partial charge in [-0.1, -0.05) is 29.4 Å². The Morgan fingerprint density at radius 1 is 1.17 bits per heavy atom. The second-order valence-electron chi connectivity index (χ2n) is 3.40. The third-order valence-electron chi connectivity index (χ3n) is 2.18. The number of nitro groups is 1. The van der Waals surface area contributed by atoms with E-state index in [0.717, 1.165) is 4.90 Å². The van der Waals surface area contributed by atoms with E-state index in [1.165, 1.54) is 17.8 Å². The van der Waals surface area contributed by atoms with E-state index in [1.807, 2.05) is 12.1 Å². The average molecular weight is 345 g/mol. The average Bonchev–Trinajstić information content (AvgIpc) is 2.34. The number of nitrogens with zero attached hydrogens (tertiary/aromatic N) is 1. The molecule has 0 saturated heterocycles. The molecule has 3 nitrogen and oxygen atoms in total. The quantitative estimate of drug-likeness (QED) is 0.570. The number of hydrogen-bond acceptors (Lipinski definition) is 3. The summed E-state index contributed by atoms with van der Waals surface area (Å²) < 4.78 is 0.705. The Morgan fingerprint density at radius 3 is 2.44 bits per heavy atom. The first-order valence-corrected chi connectivity index (χ1v) is 6.93. The molecular formula is C12H7BrClNO2S. The van der Waals surface area contributed by atoms with E-state index in [2.05, 4.69) is 15.9 Å². The predicted octanol–water partition coefficient (Wildman–Crippen LogP) is 5.16. The minimum Gasteiger partial charge on any atom is -0.258 e. The summed E-state index contributed by atoms with van der Waals surface area (Å²) in [5.41, 5.74) is 0.0873. The van der Waals surface area contributed by atoms with E-state index in [4.69, 9.17) is 11.6 Å².